The lowest BCUT2D eigenvalue weighted by Gasteiger charge is -2.05. The zero-order valence-electron chi connectivity index (χ0n) is 8.11. The van der Waals surface area contributed by atoms with Gasteiger partial charge >= 0.3 is 0 Å². The van der Waals surface area contributed by atoms with Gasteiger partial charge in [-0.05, 0) is 17.5 Å². The largest absolute Gasteiger partial charge is 0.315 e. The Morgan fingerprint density at radius 2 is 2.21 bits per heavy atom. The quantitative estimate of drug-likeness (QED) is 0.714. The van der Waals surface area contributed by atoms with Crippen molar-refractivity contribution in [1.82, 2.24) is 19.5 Å². The molecule has 0 aromatic carbocycles. The molecule has 2 heterocycles. The van der Waals surface area contributed by atoms with E-state index in [0.29, 0.717) is 5.92 Å². The van der Waals surface area contributed by atoms with Crippen molar-refractivity contribution >= 4 is 22.8 Å². The summed E-state index contributed by atoms with van der Waals surface area (Å²) < 4.78 is 1.99. The molecule has 0 fully saturated rings. The first kappa shape index (κ1) is 9.40. The molecule has 4 nitrogen and oxygen atoms in total. The van der Waals surface area contributed by atoms with E-state index < -0.39 is 0 Å². The second-order valence-corrected chi connectivity index (χ2v) is 3.98. The zero-order chi connectivity index (χ0) is 10.1. The summed E-state index contributed by atoms with van der Waals surface area (Å²) in [6, 6.07) is 0. The molecule has 0 radical (unpaired) electrons. The van der Waals surface area contributed by atoms with E-state index in [4.69, 9.17) is 11.6 Å². The van der Waals surface area contributed by atoms with Crippen LogP contribution in [-0.4, -0.2) is 19.5 Å². The summed E-state index contributed by atoms with van der Waals surface area (Å²) in [4.78, 5) is 12.2. The Kier molecular flexibility index (Phi) is 2.37. The Morgan fingerprint density at radius 3 is 2.93 bits per heavy atom. The first-order valence-corrected chi connectivity index (χ1v) is 4.88. The maximum Gasteiger partial charge on any atom is 0.224 e. The predicted octanol–water partition coefficient (Wildman–Crippen LogP) is 2.14. The molecular weight excluding hydrogens is 200 g/mol. The monoisotopic (exact) mass is 210 g/mol. The van der Waals surface area contributed by atoms with Gasteiger partial charge < -0.3 is 4.57 Å². The molecule has 0 aliphatic heterocycles. The van der Waals surface area contributed by atoms with Gasteiger partial charge in [-0.3, -0.25) is 0 Å². The van der Waals surface area contributed by atoms with Gasteiger partial charge in [0.1, 0.15) is 5.52 Å². The van der Waals surface area contributed by atoms with Crippen LogP contribution >= 0.6 is 11.6 Å². The molecule has 0 amide bonds. The predicted molar refractivity (Wildman–Crippen MR) is 55.2 cm³/mol. The van der Waals surface area contributed by atoms with E-state index >= 15 is 0 Å². The fourth-order valence-corrected chi connectivity index (χ4v) is 1.49. The minimum atomic E-state index is 0.267. The van der Waals surface area contributed by atoms with Crippen LogP contribution in [-0.2, 0) is 6.54 Å². The highest BCUT2D eigenvalue weighted by Crippen LogP contribution is 2.12. The van der Waals surface area contributed by atoms with Crippen LogP contribution in [0.1, 0.15) is 13.8 Å². The van der Waals surface area contributed by atoms with Gasteiger partial charge in [0.05, 0.1) is 12.5 Å². The van der Waals surface area contributed by atoms with Crippen molar-refractivity contribution in [2.75, 3.05) is 0 Å². The van der Waals surface area contributed by atoms with E-state index in [9.17, 15) is 0 Å². The summed E-state index contributed by atoms with van der Waals surface area (Å²) in [6.07, 6.45) is 3.41. The lowest BCUT2D eigenvalue weighted by molar-refractivity contribution is 0.530. The molecule has 0 N–H and O–H groups in total. The summed E-state index contributed by atoms with van der Waals surface area (Å²) in [5.41, 5.74) is 1.59. The Labute approximate surface area is 87.0 Å². The van der Waals surface area contributed by atoms with Crippen LogP contribution in [0.2, 0.25) is 5.28 Å². The first-order valence-electron chi connectivity index (χ1n) is 4.50. The van der Waals surface area contributed by atoms with Crippen molar-refractivity contribution in [3.8, 4) is 0 Å². The number of halogens is 1. The third-order valence-corrected chi connectivity index (χ3v) is 2.07. The fourth-order valence-electron chi connectivity index (χ4n) is 1.36. The number of rotatable bonds is 2. The van der Waals surface area contributed by atoms with Crippen LogP contribution in [0, 0.1) is 5.92 Å². The SMILES string of the molecule is CC(C)Cn1cnc2cnc(Cl)nc21. The molecule has 14 heavy (non-hydrogen) atoms. The lowest BCUT2D eigenvalue weighted by Crippen LogP contribution is -2.03. The molecule has 2 aromatic heterocycles. The van der Waals surface area contributed by atoms with Crippen molar-refractivity contribution in [2.45, 2.75) is 20.4 Å². The number of nitrogens with zero attached hydrogens (tertiary/aromatic N) is 4. The number of aromatic nitrogens is 4. The van der Waals surface area contributed by atoms with Crippen molar-refractivity contribution in [3.05, 3.63) is 17.8 Å². The second kappa shape index (κ2) is 3.53. The van der Waals surface area contributed by atoms with Gasteiger partial charge in [-0.1, -0.05) is 13.8 Å². The minimum absolute atomic E-state index is 0.267. The van der Waals surface area contributed by atoms with Gasteiger partial charge in [0, 0.05) is 6.54 Å². The van der Waals surface area contributed by atoms with Crippen molar-refractivity contribution in [1.29, 1.82) is 0 Å². The van der Waals surface area contributed by atoms with E-state index in [0.717, 1.165) is 17.7 Å². The smallest absolute Gasteiger partial charge is 0.224 e. The first-order chi connectivity index (χ1) is 6.66. The molecule has 0 unspecified atom stereocenters. The molecule has 0 aliphatic rings. The van der Waals surface area contributed by atoms with Crippen LogP contribution in [0.3, 0.4) is 0 Å². The van der Waals surface area contributed by atoms with Crippen LogP contribution in [0.25, 0.3) is 11.2 Å². The normalized spacial score (nSPS) is 11.4. The molecular formula is C9H11ClN4. The highest BCUT2D eigenvalue weighted by molar-refractivity contribution is 6.28. The summed E-state index contributed by atoms with van der Waals surface area (Å²) in [7, 11) is 0. The standard InChI is InChI=1S/C9H11ClN4/c1-6(2)4-14-5-12-7-3-11-9(10)13-8(7)14/h3,5-6H,4H2,1-2H3. The molecule has 0 spiro atoms. The van der Waals surface area contributed by atoms with Crippen LogP contribution in [0.5, 0.6) is 0 Å². The molecule has 0 saturated carbocycles. The van der Waals surface area contributed by atoms with Gasteiger partial charge in [0.2, 0.25) is 5.28 Å². The van der Waals surface area contributed by atoms with Gasteiger partial charge in [-0.25, -0.2) is 9.97 Å². The molecule has 0 saturated heterocycles. The number of imidazole rings is 1. The Hall–Kier alpha value is -1.16. The van der Waals surface area contributed by atoms with Crippen LogP contribution in [0.4, 0.5) is 0 Å². The van der Waals surface area contributed by atoms with Crippen molar-refractivity contribution in [2.24, 2.45) is 5.92 Å². The molecule has 74 valence electrons. The van der Waals surface area contributed by atoms with Gasteiger partial charge in [0.15, 0.2) is 5.65 Å². The van der Waals surface area contributed by atoms with Crippen molar-refractivity contribution < 1.29 is 0 Å². The van der Waals surface area contributed by atoms with E-state index in [-0.39, 0.29) is 5.28 Å². The number of hydrogen-bond acceptors (Lipinski definition) is 3. The average molecular weight is 211 g/mol. The fraction of sp³-hybridized carbons (Fsp3) is 0.444. The minimum Gasteiger partial charge on any atom is -0.315 e. The third-order valence-electron chi connectivity index (χ3n) is 1.89. The van der Waals surface area contributed by atoms with Crippen LogP contribution in [0.15, 0.2) is 12.5 Å². The molecule has 2 aromatic rings. The number of fused-ring (bicyclic) bond motifs is 1. The summed E-state index contributed by atoms with van der Waals surface area (Å²) in [6.45, 7) is 5.19. The number of hydrogen-bond donors (Lipinski definition) is 0. The molecule has 0 atom stereocenters. The van der Waals surface area contributed by atoms with Gasteiger partial charge in [-0.15, -0.1) is 0 Å². The molecule has 0 aliphatic carbocycles. The van der Waals surface area contributed by atoms with E-state index in [1.54, 1.807) is 12.5 Å². The van der Waals surface area contributed by atoms with Gasteiger partial charge in [-0.2, -0.15) is 4.98 Å². The van der Waals surface area contributed by atoms with Gasteiger partial charge in [0.25, 0.3) is 0 Å². The zero-order valence-corrected chi connectivity index (χ0v) is 8.86. The average Bonchev–Trinajstić information content (AvgIpc) is 2.47. The Balaban J connectivity index is 2.50. The highest BCUT2D eigenvalue weighted by Gasteiger charge is 2.06. The molecule has 5 heteroatoms. The van der Waals surface area contributed by atoms with E-state index in [1.807, 2.05) is 4.57 Å². The third kappa shape index (κ3) is 1.70. The van der Waals surface area contributed by atoms with Crippen molar-refractivity contribution in [3.63, 3.8) is 0 Å². The maximum absolute atomic E-state index is 5.72. The van der Waals surface area contributed by atoms with E-state index in [2.05, 4.69) is 28.8 Å². The highest BCUT2D eigenvalue weighted by atomic mass is 35.5. The topological polar surface area (TPSA) is 43.6 Å². The molecule has 0 bridgehead atoms. The summed E-state index contributed by atoms with van der Waals surface area (Å²) in [5.74, 6) is 0.557. The Bertz CT molecular complexity index is 449. The summed E-state index contributed by atoms with van der Waals surface area (Å²) in [5, 5.41) is 0.267. The van der Waals surface area contributed by atoms with E-state index in [1.165, 1.54) is 0 Å². The lowest BCUT2D eigenvalue weighted by atomic mass is 10.2. The Morgan fingerprint density at radius 1 is 1.43 bits per heavy atom. The van der Waals surface area contributed by atoms with Crippen LogP contribution < -0.4 is 0 Å². The molecule has 2 rings (SSSR count). The summed E-state index contributed by atoms with van der Waals surface area (Å²) >= 11 is 5.72. The second-order valence-electron chi connectivity index (χ2n) is 3.64. The maximum atomic E-state index is 5.72.